The molecule has 5 nitrogen and oxygen atoms in total. The SMILES string of the molecule is CCc1nnsc1C(=O)Nc1cccc(C)c1C(N)=S. The van der Waals surface area contributed by atoms with Crippen molar-refractivity contribution in [2.75, 3.05) is 5.32 Å². The smallest absolute Gasteiger partial charge is 0.269 e. The van der Waals surface area contributed by atoms with E-state index in [9.17, 15) is 4.79 Å². The molecule has 0 radical (unpaired) electrons. The minimum absolute atomic E-state index is 0.236. The molecule has 0 unspecified atom stereocenters. The van der Waals surface area contributed by atoms with Gasteiger partial charge in [0.05, 0.1) is 11.4 Å². The number of nitrogens with one attached hydrogen (secondary N) is 1. The van der Waals surface area contributed by atoms with Crippen molar-refractivity contribution in [1.29, 1.82) is 0 Å². The van der Waals surface area contributed by atoms with E-state index < -0.39 is 0 Å². The van der Waals surface area contributed by atoms with Crippen molar-refractivity contribution in [1.82, 2.24) is 9.59 Å². The van der Waals surface area contributed by atoms with Crippen LogP contribution >= 0.6 is 23.8 Å². The summed E-state index contributed by atoms with van der Waals surface area (Å²) in [5.41, 5.74) is 8.64. The van der Waals surface area contributed by atoms with Crippen LogP contribution in [0.1, 0.15) is 33.4 Å². The van der Waals surface area contributed by atoms with Crippen molar-refractivity contribution < 1.29 is 4.79 Å². The van der Waals surface area contributed by atoms with Gasteiger partial charge in [-0.2, -0.15) is 0 Å². The lowest BCUT2D eigenvalue weighted by Crippen LogP contribution is -2.18. The lowest BCUT2D eigenvalue weighted by Gasteiger charge is -2.12. The van der Waals surface area contributed by atoms with Gasteiger partial charge in [0.15, 0.2) is 0 Å². The lowest BCUT2D eigenvalue weighted by molar-refractivity contribution is 0.102. The van der Waals surface area contributed by atoms with Crippen LogP contribution in [0, 0.1) is 6.92 Å². The van der Waals surface area contributed by atoms with Gasteiger partial charge < -0.3 is 11.1 Å². The molecule has 2 rings (SSSR count). The monoisotopic (exact) mass is 306 g/mol. The Balaban J connectivity index is 2.33. The first-order valence-corrected chi connectivity index (χ1v) is 7.24. The Labute approximate surface area is 126 Å². The first-order chi connectivity index (χ1) is 9.54. The molecule has 0 saturated carbocycles. The standard InChI is InChI=1S/C13H14N4OS2/c1-3-8-11(20-17-16-8)13(18)15-9-6-4-5-7(2)10(9)12(14)19/h4-6H,3H2,1-2H3,(H2,14,19)(H,15,18). The molecular formula is C13H14N4OS2. The Morgan fingerprint density at radius 2 is 2.25 bits per heavy atom. The molecule has 0 bridgehead atoms. The number of thiocarbonyl (C=S) groups is 1. The second-order valence-corrected chi connectivity index (χ2v) is 5.41. The molecule has 1 heterocycles. The maximum absolute atomic E-state index is 12.3. The summed E-state index contributed by atoms with van der Waals surface area (Å²) in [4.78, 5) is 13.1. The topological polar surface area (TPSA) is 80.9 Å². The minimum Gasteiger partial charge on any atom is -0.389 e. The normalized spacial score (nSPS) is 10.3. The Kier molecular flexibility index (Phi) is 4.41. The first-order valence-electron chi connectivity index (χ1n) is 6.06. The maximum atomic E-state index is 12.3. The van der Waals surface area contributed by atoms with Gasteiger partial charge in [-0.25, -0.2) is 0 Å². The predicted octanol–water partition coefficient (Wildman–Crippen LogP) is 2.30. The highest BCUT2D eigenvalue weighted by Gasteiger charge is 2.17. The maximum Gasteiger partial charge on any atom is 0.269 e. The lowest BCUT2D eigenvalue weighted by atomic mass is 10.1. The van der Waals surface area contributed by atoms with Gasteiger partial charge in [0.1, 0.15) is 9.87 Å². The number of aryl methyl sites for hydroxylation is 2. The number of hydrogen-bond donors (Lipinski definition) is 2. The zero-order chi connectivity index (χ0) is 14.7. The van der Waals surface area contributed by atoms with Gasteiger partial charge in [0.25, 0.3) is 5.91 Å². The third kappa shape index (κ3) is 2.83. The molecule has 20 heavy (non-hydrogen) atoms. The summed E-state index contributed by atoms with van der Waals surface area (Å²) in [5, 5.41) is 6.76. The summed E-state index contributed by atoms with van der Waals surface area (Å²) in [6, 6.07) is 5.52. The fourth-order valence-electron chi connectivity index (χ4n) is 1.89. The van der Waals surface area contributed by atoms with Gasteiger partial charge >= 0.3 is 0 Å². The highest BCUT2D eigenvalue weighted by Crippen LogP contribution is 2.21. The largest absolute Gasteiger partial charge is 0.389 e. The first kappa shape index (κ1) is 14.5. The second kappa shape index (κ2) is 6.06. The van der Waals surface area contributed by atoms with E-state index in [-0.39, 0.29) is 10.9 Å². The average Bonchev–Trinajstić information content (AvgIpc) is 2.86. The Bertz CT molecular complexity index is 666. The molecule has 1 aromatic heterocycles. The third-order valence-corrected chi connectivity index (χ3v) is 3.84. The zero-order valence-corrected chi connectivity index (χ0v) is 12.8. The molecule has 0 saturated heterocycles. The fraction of sp³-hybridized carbons (Fsp3) is 0.231. The van der Waals surface area contributed by atoms with Crippen LogP contribution in [0.4, 0.5) is 5.69 Å². The van der Waals surface area contributed by atoms with Crippen molar-refractivity contribution in [3.05, 3.63) is 39.9 Å². The van der Waals surface area contributed by atoms with E-state index in [1.807, 2.05) is 26.0 Å². The fourth-order valence-corrected chi connectivity index (χ4v) is 2.81. The minimum atomic E-state index is -0.236. The van der Waals surface area contributed by atoms with E-state index in [0.29, 0.717) is 28.2 Å². The van der Waals surface area contributed by atoms with Crippen LogP contribution in [-0.2, 0) is 6.42 Å². The van der Waals surface area contributed by atoms with Crippen LogP contribution in [0.3, 0.4) is 0 Å². The number of hydrogen-bond acceptors (Lipinski definition) is 5. The molecule has 3 N–H and O–H groups in total. The summed E-state index contributed by atoms with van der Waals surface area (Å²) in [6.07, 6.45) is 0.662. The summed E-state index contributed by atoms with van der Waals surface area (Å²) in [7, 11) is 0. The number of aromatic nitrogens is 2. The van der Waals surface area contributed by atoms with Gasteiger partial charge in [-0.15, -0.1) is 5.10 Å². The summed E-state index contributed by atoms with van der Waals surface area (Å²) in [6.45, 7) is 3.83. The van der Waals surface area contributed by atoms with Crippen LogP contribution < -0.4 is 11.1 Å². The van der Waals surface area contributed by atoms with E-state index in [1.54, 1.807) is 6.07 Å². The summed E-state index contributed by atoms with van der Waals surface area (Å²) in [5.74, 6) is -0.236. The second-order valence-electron chi connectivity index (χ2n) is 4.22. The number of nitrogens with zero attached hydrogens (tertiary/aromatic N) is 2. The number of nitrogens with two attached hydrogens (primary N) is 1. The molecule has 0 aliphatic heterocycles. The van der Waals surface area contributed by atoms with Crippen LogP contribution in [0.15, 0.2) is 18.2 Å². The van der Waals surface area contributed by atoms with Crippen molar-refractivity contribution in [2.24, 2.45) is 5.73 Å². The number of anilines is 1. The molecule has 2 aromatic rings. The molecule has 7 heteroatoms. The highest BCUT2D eigenvalue weighted by atomic mass is 32.1. The molecule has 0 spiro atoms. The summed E-state index contributed by atoms with van der Waals surface area (Å²) >= 11 is 6.13. The Morgan fingerprint density at radius 1 is 1.50 bits per heavy atom. The van der Waals surface area contributed by atoms with Crippen molar-refractivity contribution in [3.63, 3.8) is 0 Å². The highest BCUT2D eigenvalue weighted by molar-refractivity contribution is 7.80. The Morgan fingerprint density at radius 3 is 2.90 bits per heavy atom. The van der Waals surface area contributed by atoms with Crippen LogP contribution in [-0.4, -0.2) is 20.5 Å². The average molecular weight is 306 g/mol. The molecule has 0 aliphatic carbocycles. The number of rotatable bonds is 4. The molecule has 104 valence electrons. The molecule has 0 aliphatic rings. The van der Waals surface area contributed by atoms with Crippen molar-refractivity contribution in [3.8, 4) is 0 Å². The predicted molar refractivity (Wildman–Crippen MR) is 84.3 cm³/mol. The van der Waals surface area contributed by atoms with Crippen LogP contribution in [0.5, 0.6) is 0 Å². The van der Waals surface area contributed by atoms with E-state index >= 15 is 0 Å². The third-order valence-electron chi connectivity index (χ3n) is 2.86. The van der Waals surface area contributed by atoms with Crippen LogP contribution in [0.2, 0.25) is 0 Å². The van der Waals surface area contributed by atoms with Gasteiger partial charge in [0.2, 0.25) is 0 Å². The summed E-state index contributed by atoms with van der Waals surface area (Å²) < 4.78 is 3.81. The molecule has 0 fully saturated rings. The number of amides is 1. The quantitative estimate of drug-likeness (QED) is 0.847. The van der Waals surface area contributed by atoms with Gasteiger partial charge in [-0.1, -0.05) is 35.8 Å². The molecular weight excluding hydrogens is 292 g/mol. The van der Waals surface area contributed by atoms with Crippen molar-refractivity contribution >= 4 is 40.3 Å². The zero-order valence-electron chi connectivity index (χ0n) is 11.1. The van der Waals surface area contributed by atoms with Crippen LogP contribution in [0.25, 0.3) is 0 Å². The molecule has 0 atom stereocenters. The van der Waals surface area contributed by atoms with E-state index in [1.165, 1.54) is 0 Å². The number of carbonyl (C=O) groups is 1. The Hall–Kier alpha value is -1.86. The van der Waals surface area contributed by atoms with E-state index in [4.69, 9.17) is 18.0 Å². The van der Waals surface area contributed by atoms with Crippen molar-refractivity contribution in [2.45, 2.75) is 20.3 Å². The van der Waals surface area contributed by atoms with E-state index in [2.05, 4.69) is 14.9 Å². The van der Waals surface area contributed by atoms with Gasteiger partial charge in [-0.3, -0.25) is 4.79 Å². The number of benzene rings is 1. The van der Waals surface area contributed by atoms with E-state index in [0.717, 1.165) is 17.1 Å². The molecule has 1 aromatic carbocycles. The van der Waals surface area contributed by atoms with Gasteiger partial charge in [-0.05, 0) is 36.5 Å². The van der Waals surface area contributed by atoms with Gasteiger partial charge in [0, 0.05) is 5.56 Å². The molecule has 1 amide bonds. The number of carbonyl (C=O) groups excluding carboxylic acids is 1.